The molecule has 2 bridgehead atoms. The van der Waals surface area contributed by atoms with Crippen molar-refractivity contribution in [2.45, 2.75) is 109 Å². The fourth-order valence-electron chi connectivity index (χ4n) is 7.77. The van der Waals surface area contributed by atoms with Crippen molar-refractivity contribution in [1.82, 2.24) is 10.7 Å². The van der Waals surface area contributed by atoms with Gasteiger partial charge in [0.15, 0.2) is 20.7 Å². The summed E-state index contributed by atoms with van der Waals surface area (Å²) in [4.78, 5) is 54.5. The van der Waals surface area contributed by atoms with Crippen LogP contribution in [0.15, 0.2) is 34.2 Å². The maximum absolute atomic E-state index is 13.9. The van der Waals surface area contributed by atoms with E-state index >= 15 is 0 Å². The molecule has 0 radical (unpaired) electrons. The van der Waals surface area contributed by atoms with Gasteiger partial charge in [0.1, 0.15) is 5.78 Å². The van der Waals surface area contributed by atoms with Gasteiger partial charge in [-0.2, -0.15) is 0 Å². The number of ketones is 2. The monoisotopic (exact) mass is 703 g/mol. The van der Waals surface area contributed by atoms with Gasteiger partial charge in [0.25, 0.3) is 5.96 Å². The number of rotatable bonds is 17. The smallest absolute Gasteiger partial charge is 0.404 e. The highest BCUT2D eigenvalue weighted by Gasteiger charge is 2.68. The first kappa shape index (κ1) is 38.4. The van der Waals surface area contributed by atoms with Crippen LogP contribution in [0.2, 0.25) is 0 Å². The fraction of sp³-hybridized carbons (Fsp3) is 0.697. The Morgan fingerprint density at radius 1 is 1.14 bits per heavy atom. The molecule has 3 aliphatic carbocycles. The lowest BCUT2D eigenvalue weighted by Crippen LogP contribution is -2.65. The zero-order chi connectivity index (χ0) is 36.3. The molecule has 1 heterocycles. The Morgan fingerprint density at radius 2 is 1.82 bits per heavy atom. The van der Waals surface area contributed by atoms with E-state index in [0.29, 0.717) is 24.7 Å². The SMILES string of the molecule is CC(C)C[C@H](NC(=O)[C@H](CCCN=C(N)N[N+](=O)[O-])CC(=O)CCC(=O)c1ccc(S(C)(=O)=O)cc1)B1O[C@@H]2C[C@@H]3C[C@@H](C3(C)C)[C@]2(C)O1. The standard InChI is InChI=1S/C33H50BN5O9S/c1-20(2)16-29(34-47-28-19-23-18-27(32(23,3)4)33(28,5)48-34)37-30(42)22(8-7-15-36-31(35)38-39(43)44)17-24(40)11-14-26(41)21-9-12-25(13-10-21)49(6,45)46/h9-10,12-13,20,22-23,27-29H,7-8,11,14-19H2,1-6H3,(H,37,42)(H3,35,36,38)/t22-,23+,27+,28-,29+,33+/m1/s1. The van der Waals surface area contributed by atoms with Gasteiger partial charge in [-0.15, -0.1) is 0 Å². The van der Waals surface area contributed by atoms with Crippen molar-refractivity contribution in [3.63, 3.8) is 0 Å². The number of sulfone groups is 1. The number of nitrogens with two attached hydrogens (primary N) is 1. The molecule has 0 aromatic heterocycles. The summed E-state index contributed by atoms with van der Waals surface area (Å²) < 4.78 is 36.7. The summed E-state index contributed by atoms with van der Waals surface area (Å²) in [5.74, 6) is -1.40. The van der Waals surface area contributed by atoms with Gasteiger partial charge in [-0.05, 0) is 74.3 Å². The molecule has 1 aromatic rings. The van der Waals surface area contributed by atoms with E-state index in [9.17, 15) is 32.9 Å². The van der Waals surface area contributed by atoms with E-state index in [1.165, 1.54) is 24.3 Å². The van der Waals surface area contributed by atoms with Crippen molar-refractivity contribution < 1.29 is 37.1 Å². The average Bonchev–Trinajstić information content (AvgIpc) is 3.37. The maximum atomic E-state index is 13.9. The van der Waals surface area contributed by atoms with Crippen LogP contribution in [0.1, 0.15) is 96.3 Å². The van der Waals surface area contributed by atoms with E-state index in [4.69, 9.17) is 15.0 Å². The average molecular weight is 704 g/mol. The van der Waals surface area contributed by atoms with Crippen LogP contribution in [0.3, 0.4) is 0 Å². The van der Waals surface area contributed by atoms with E-state index in [-0.39, 0.29) is 83.6 Å². The lowest BCUT2D eigenvalue weighted by molar-refractivity contribution is -0.525. The lowest BCUT2D eigenvalue weighted by atomic mass is 9.43. The molecular weight excluding hydrogens is 653 g/mol. The summed E-state index contributed by atoms with van der Waals surface area (Å²) in [5.41, 5.74) is 7.29. The number of nitrogens with one attached hydrogen (secondary N) is 2. The molecule has 5 rings (SSSR count). The van der Waals surface area contributed by atoms with Crippen LogP contribution in [-0.4, -0.2) is 74.4 Å². The highest BCUT2D eigenvalue weighted by molar-refractivity contribution is 7.90. The molecule has 4 aliphatic rings. The molecule has 1 saturated heterocycles. The molecule has 6 atom stereocenters. The molecule has 1 aliphatic heterocycles. The topological polar surface area (TPSA) is 209 Å². The van der Waals surface area contributed by atoms with Gasteiger partial charge in [0, 0.05) is 43.5 Å². The number of nitrogens with zero attached hydrogens (tertiary/aromatic N) is 2. The Kier molecular flexibility index (Phi) is 12.0. The molecule has 4 fully saturated rings. The summed E-state index contributed by atoms with van der Waals surface area (Å²) in [7, 11) is -4.06. The van der Waals surface area contributed by atoms with E-state index in [0.717, 1.165) is 19.1 Å². The Balaban J connectivity index is 1.42. The van der Waals surface area contributed by atoms with E-state index in [1.807, 2.05) is 0 Å². The zero-order valence-electron chi connectivity index (χ0n) is 29.3. The number of carbonyl (C=O) groups excluding carboxylic acids is 3. The highest BCUT2D eigenvalue weighted by Crippen LogP contribution is 2.65. The van der Waals surface area contributed by atoms with Gasteiger partial charge in [0.05, 0.1) is 22.5 Å². The predicted molar refractivity (Wildman–Crippen MR) is 184 cm³/mol. The second-order valence-corrected chi connectivity index (χ2v) is 17.0. The molecule has 1 aromatic carbocycles. The maximum Gasteiger partial charge on any atom is 0.481 e. The van der Waals surface area contributed by atoms with Crippen LogP contribution in [0, 0.1) is 39.2 Å². The Bertz CT molecular complexity index is 1550. The minimum Gasteiger partial charge on any atom is -0.404 e. The third-order valence-electron chi connectivity index (χ3n) is 10.6. The van der Waals surface area contributed by atoms with Crippen molar-refractivity contribution >= 4 is 40.4 Å². The van der Waals surface area contributed by atoms with Crippen molar-refractivity contribution in [3.8, 4) is 0 Å². The summed E-state index contributed by atoms with van der Waals surface area (Å²) >= 11 is 0. The fourth-order valence-corrected chi connectivity index (χ4v) is 8.40. The normalized spacial score (nSPS) is 25.6. The predicted octanol–water partition coefficient (Wildman–Crippen LogP) is 3.30. The molecule has 4 N–H and O–H groups in total. The number of amides is 1. The van der Waals surface area contributed by atoms with E-state index in [2.05, 4.69) is 44.9 Å². The number of benzene rings is 1. The number of Topliss-reactive ketones (excluding diaryl/α,β-unsaturated/α-hetero) is 2. The van der Waals surface area contributed by atoms with Crippen LogP contribution in [0.5, 0.6) is 0 Å². The van der Waals surface area contributed by atoms with E-state index < -0.39 is 39.4 Å². The van der Waals surface area contributed by atoms with Crippen molar-refractivity contribution in [2.75, 3.05) is 12.8 Å². The first-order valence-corrected chi connectivity index (χ1v) is 18.9. The second-order valence-electron chi connectivity index (χ2n) is 15.0. The molecule has 3 saturated carbocycles. The second kappa shape index (κ2) is 15.3. The molecule has 49 heavy (non-hydrogen) atoms. The van der Waals surface area contributed by atoms with Crippen LogP contribution >= 0.6 is 0 Å². The molecule has 270 valence electrons. The van der Waals surface area contributed by atoms with Crippen molar-refractivity contribution in [3.05, 3.63) is 39.9 Å². The first-order chi connectivity index (χ1) is 22.8. The van der Waals surface area contributed by atoms with Crippen LogP contribution < -0.4 is 16.5 Å². The quantitative estimate of drug-likeness (QED) is 0.0408. The Labute approximate surface area is 288 Å². The molecule has 0 spiro atoms. The molecule has 0 unspecified atom stereocenters. The molecule has 14 nitrogen and oxygen atoms in total. The van der Waals surface area contributed by atoms with Crippen LogP contribution in [0.4, 0.5) is 0 Å². The number of nitro groups is 1. The third-order valence-corrected chi connectivity index (χ3v) is 11.8. The van der Waals surface area contributed by atoms with Crippen molar-refractivity contribution in [1.29, 1.82) is 0 Å². The van der Waals surface area contributed by atoms with Crippen molar-refractivity contribution in [2.24, 2.45) is 39.8 Å². The minimum atomic E-state index is -3.42. The highest BCUT2D eigenvalue weighted by atomic mass is 32.2. The summed E-state index contributed by atoms with van der Waals surface area (Å²) in [6.45, 7) is 10.9. The Hall–Kier alpha value is -3.37. The molecule has 16 heteroatoms. The van der Waals surface area contributed by atoms with Gasteiger partial charge in [0.2, 0.25) is 5.91 Å². The summed E-state index contributed by atoms with van der Waals surface area (Å²) in [6, 6.07) is 5.54. The third kappa shape index (κ3) is 9.25. The van der Waals surface area contributed by atoms with Gasteiger partial charge in [-0.1, -0.05) is 45.3 Å². The van der Waals surface area contributed by atoms with Gasteiger partial charge in [-0.25, -0.2) is 23.5 Å². The van der Waals surface area contributed by atoms with Gasteiger partial charge < -0.3 is 20.4 Å². The minimum absolute atomic E-state index is 0.0607. The molecule has 1 amide bonds. The van der Waals surface area contributed by atoms with Gasteiger partial charge >= 0.3 is 7.12 Å². The van der Waals surface area contributed by atoms with Crippen LogP contribution in [0.25, 0.3) is 0 Å². The number of hydrogen-bond donors (Lipinski definition) is 3. The zero-order valence-corrected chi connectivity index (χ0v) is 30.1. The number of hydrazine groups is 1. The number of guanidine groups is 1. The molecular formula is C33H50BN5O9S. The summed E-state index contributed by atoms with van der Waals surface area (Å²) in [5, 5.41) is 12.9. The lowest BCUT2D eigenvalue weighted by Gasteiger charge is -2.64. The Morgan fingerprint density at radius 3 is 2.41 bits per heavy atom. The number of aliphatic imine (C=N–C) groups is 1. The van der Waals surface area contributed by atoms with E-state index in [1.54, 1.807) is 5.43 Å². The summed E-state index contributed by atoms with van der Waals surface area (Å²) in [6.07, 6.45) is 3.85. The van der Waals surface area contributed by atoms with Gasteiger partial charge in [-0.3, -0.25) is 14.4 Å². The first-order valence-electron chi connectivity index (χ1n) is 17.0. The number of carbonyl (C=O) groups is 3. The van der Waals surface area contributed by atoms with Crippen LogP contribution in [-0.2, 0) is 28.7 Å². The largest absolute Gasteiger partial charge is 0.481 e. The number of hydrogen-bond acceptors (Lipinski definition) is 10.